The summed E-state index contributed by atoms with van der Waals surface area (Å²) in [5.41, 5.74) is 4.43. The highest BCUT2D eigenvalue weighted by Crippen LogP contribution is 2.23. The highest BCUT2D eigenvalue weighted by atomic mass is 32.2. The molecule has 0 bridgehead atoms. The fourth-order valence-electron chi connectivity index (χ4n) is 1.82. The summed E-state index contributed by atoms with van der Waals surface area (Å²) in [6.07, 6.45) is 3.36. The van der Waals surface area contributed by atoms with Gasteiger partial charge in [-0.25, -0.2) is 4.31 Å². The fourth-order valence-corrected chi connectivity index (χ4v) is 2.36. The van der Waals surface area contributed by atoms with E-state index in [4.69, 9.17) is 0 Å². The Morgan fingerprint density at radius 3 is 2.92 bits per heavy atom. The Morgan fingerprint density at radius 2 is 2.15 bits per heavy atom. The van der Waals surface area contributed by atoms with E-state index in [2.05, 4.69) is 35.7 Å². The summed E-state index contributed by atoms with van der Waals surface area (Å²) in [5.74, 6) is 0. The van der Waals surface area contributed by atoms with Crippen molar-refractivity contribution in [3.05, 3.63) is 34.9 Å². The quantitative estimate of drug-likeness (QED) is 0.631. The first-order chi connectivity index (χ1) is 6.29. The van der Waals surface area contributed by atoms with E-state index < -0.39 is 0 Å². The minimum Gasteiger partial charge on any atom is -0.246 e. The van der Waals surface area contributed by atoms with Gasteiger partial charge in [-0.1, -0.05) is 35.7 Å². The van der Waals surface area contributed by atoms with Crippen LogP contribution in [-0.4, -0.2) is 17.1 Å². The molecule has 0 saturated carbocycles. The average molecular weight is 193 g/mol. The predicted molar refractivity (Wildman–Crippen MR) is 58.8 cm³/mol. The SMILES string of the molecule is CSN1CCc2ccc(C)cc2C1. The second-order valence-corrected chi connectivity index (χ2v) is 4.45. The summed E-state index contributed by atoms with van der Waals surface area (Å²) in [7, 11) is 0. The Bertz CT molecular complexity index is 309. The molecule has 0 amide bonds. The zero-order valence-corrected chi connectivity index (χ0v) is 9.03. The number of hydrogen-bond acceptors (Lipinski definition) is 2. The Kier molecular flexibility index (Phi) is 2.61. The van der Waals surface area contributed by atoms with E-state index in [1.165, 1.54) is 29.7 Å². The minimum absolute atomic E-state index is 1.11. The van der Waals surface area contributed by atoms with Gasteiger partial charge in [-0.05, 0) is 30.7 Å². The average Bonchev–Trinajstić information content (AvgIpc) is 2.16. The van der Waals surface area contributed by atoms with Crippen molar-refractivity contribution in [1.82, 2.24) is 4.31 Å². The molecule has 0 atom stereocenters. The summed E-state index contributed by atoms with van der Waals surface area (Å²) in [4.78, 5) is 0. The van der Waals surface area contributed by atoms with Gasteiger partial charge in [0.1, 0.15) is 0 Å². The van der Waals surface area contributed by atoms with Crippen LogP contribution >= 0.6 is 11.9 Å². The van der Waals surface area contributed by atoms with Crippen molar-refractivity contribution in [2.45, 2.75) is 19.9 Å². The van der Waals surface area contributed by atoms with Crippen molar-refractivity contribution in [1.29, 1.82) is 0 Å². The summed E-state index contributed by atoms with van der Waals surface area (Å²) >= 11 is 1.85. The molecule has 1 nitrogen and oxygen atoms in total. The molecule has 0 aromatic heterocycles. The fraction of sp³-hybridized carbons (Fsp3) is 0.455. The zero-order valence-electron chi connectivity index (χ0n) is 8.21. The van der Waals surface area contributed by atoms with Gasteiger partial charge < -0.3 is 0 Å². The Balaban J connectivity index is 2.27. The van der Waals surface area contributed by atoms with Gasteiger partial charge in [0, 0.05) is 13.1 Å². The molecular weight excluding hydrogens is 178 g/mol. The lowest BCUT2D eigenvalue weighted by atomic mass is 9.99. The van der Waals surface area contributed by atoms with Gasteiger partial charge in [-0.3, -0.25) is 0 Å². The van der Waals surface area contributed by atoms with Crippen molar-refractivity contribution in [2.75, 3.05) is 12.8 Å². The largest absolute Gasteiger partial charge is 0.246 e. The molecule has 2 heteroatoms. The van der Waals surface area contributed by atoms with E-state index in [0.29, 0.717) is 0 Å². The van der Waals surface area contributed by atoms with E-state index >= 15 is 0 Å². The molecule has 1 aromatic rings. The molecule has 0 spiro atoms. The van der Waals surface area contributed by atoms with Crippen LogP contribution in [0.5, 0.6) is 0 Å². The first-order valence-electron chi connectivity index (χ1n) is 4.67. The molecule has 0 unspecified atom stereocenters. The Hall–Kier alpha value is -0.470. The van der Waals surface area contributed by atoms with Gasteiger partial charge >= 0.3 is 0 Å². The molecule has 1 aliphatic rings. The molecule has 13 heavy (non-hydrogen) atoms. The van der Waals surface area contributed by atoms with Gasteiger partial charge in [0.05, 0.1) is 0 Å². The molecule has 0 saturated heterocycles. The lowest BCUT2D eigenvalue weighted by Gasteiger charge is -2.26. The number of rotatable bonds is 1. The van der Waals surface area contributed by atoms with Crippen LogP contribution in [0, 0.1) is 6.92 Å². The van der Waals surface area contributed by atoms with E-state index in [0.717, 1.165) is 6.54 Å². The first kappa shape index (κ1) is 9.10. The summed E-state index contributed by atoms with van der Waals surface area (Å²) in [6, 6.07) is 6.81. The third-order valence-electron chi connectivity index (χ3n) is 2.60. The van der Waals surface area contributed by atoms with E-state index in [-0.39, 0.29) is 0 Å². The smallest absolute Gasteiger partial charge is 0.0343 e. The van der Waals surface area contributed by atoms with Crippen LogP contribution in [0.15, 0.2) is 18.2 Å². The lowest BCUT2D eigenvalue weighted by Crippen LogP contribution is -2.24. The molecule has 0 radical (unpaired) electrons. The van der Waals surface area contributed by atoms with Crippen molar-refractivity contribution in [3.63, 3.8) is 0 Å². The minimum atomic E-state index is 1.11. The van der Waals surface area contributed by atoms with E-state index in [1.54, 1.807) is 0 Å². The molecule has 0 N–H and O–H groups in total. The van der Waals surface area contributed by atoms with Crippen LogP contribution < -0.4 is 0 Å². The molecule has 70 valence electrons. The molecule has 1 aromatic carbocycles. The first-order valence-corrected chi connectivity index (χ1v) is 5.85. The molecule has 2 rings (SSSR count). The normalized spacial score (nSPS) is 17.1. The van der Waals surface area contributed by atoms with Gasteiger partial charge in [0.2, 0.25) is 0 Å². The third kappa shape index (κ3) is 1.89. The van der Waals surface area contributed by atoms with E-state index in [9.17, 15) is 0 Å². The van der Waals surface area contributed by atoms with Gasteiger partial charge in [-0.15, -0.1) is 0 Å². The molecule has 0 fully saturated rings. The summed E-state index contributed by atoms with van der Waals surface area (Å²) in [6.45, 7) is 4.47. The maximum Gasteiger partial charge on any atom is 0.0343 e. The molecular formula is C11H15NS. The molecule has 1 aliphatic heterocycles. The Labute approximate surface area is 84.3 Å². The molecule has 0 aliphatic carbocycles. The third-order valence-corrected chi connectivity index (χ3v) is 3.43. The molecule has 1 heterocycles. The standard InChI is InChI=1S/C11H15NS/c1-9-3-4-10-5-6-12(13-2)8-11(10)7-9/h3-4,7H,5-6,8H2,1-2H3. The Morgan fingerprint density at radius 1 is 1.31 bits per heavy atom. The maximum atomic E-state index is 2.42. The zero-order chi connectivity index (χ0) is 9.26. The number of hydrogen-bond donors (Lipinski definition) is 0. The second-order valence-electron chi connectivity index (χ2n) is 3.57. The number of nitrogens with zero attached hydrogens (tertiary/aromatic N) is 1. The van der Waals surface area contributed by atoms with Gasteiger partial charge in [-0.2, -0.15) is 0 Å². The topological polar surface area (TPSA) is 3.24 Å². The van der Waals surface area contributed by atoms with Crippen molar-refractivity contribution < 1.29 is 0 Å². The number of benzene rings is 1. The monoisotopic (exact) mass is 193 g/mol. The van der Waals surface area contributed by atoms with Crippen molar-refractivity contribution in [3.8, 4) is 0 Å². The maximum absolute atomic E-state index is 2.42. The van der Waals surface area contributed by atoms with E-state index in [1.807, 2.05) is 11.9 Å². The van der Waals surface area contributed by atoms with Crippen LogP contribution in [0.3, 0.4) is 0 Å². The second kappa shape index (κ2) is 3.72. The number of aryl methyl sites for hydroxylation is 1. The summed E-state index contributed by atoms with van der Waals surface area (Å²) in [5, 5.41) is 0. The van der Waals surface area contributed by atoms with Gasteiger partial charge in [0.15, 0.2) is 0 Å². The lowest BCUT2D eigenvalue weighted by molar-refractivity contribution is 0.445. The van der Waals surface area contributed by atoms with Crippen LogP contribution in [0.1, 0.15) is 16.7 Å². The van der Waals surface area contributed by atoms with Crippen molar-refractivity contribution >= 4 is 11.9 Å². The van der Waals surface area contributed by atoms with Gasteiger partial charge in [0.25, 0.3) is 0 Å². The van der Waals surface area contributed by atoms with Crippen LogP contribution in [-0.2, 0) is 13.0 Å². The highest BCUT2D eigenvalue weighted by molar-refractivity contribution is 7.96. The highest BCUT2D eigenvalue weighted by Gasteiger charge is 2.14. The number of fused-ring (bicyclic) bond motifs is 1. The van der Waals surface area contributed by atoms with Crippen LogP contribution in [0.4, 0.5) is 0 Å². The van der Waals surface area contributed by atoms with Crippen molar-refractivity contribution in [2.24, 2.45) is 0 Å². The summed E-state index contributed by atoms with van der Waals surface area (Å²) < 4.78 is 2.42. The van der Waals surface area contributed by atoms with Crippen LogP contribution in [0.2, 0.25) is 0 Å². The van der Waals surface area contributed by atoms with Crippen LogP contribution in [0.25, 0.3) is 0 Å². The predicted octanol–water partition coefficient (Wildman–Crippen LogP) is 2.63.